The number of hydrogen-bond acceptors (Lipinski definition) is 5. The van der Waals surface area contributed by atoms with Crippen molar-refractivity contribution in [3.8, 4) is 0 Å². The van der Waals surface area contributed by atoms with E-state index in [2.05, 4.69) is 0 Å². The monoisotopic (exact) mass is 345 g/mol. The van der Waals surface area contributed by atoms with E-state index in [9.17, 15) is 23.3 Å². The fraction of sp³-hybridized carbons (Fsp3) is 0.571. The molecule has 8 heteroatoms. The molecular weight excluding hydrogens is 322 g/mol. The van der Waals surface area contributed by atoms with Crippen molar-refractivity contribution in [1.29, 1.82) is 0 Å². The molecule has 1 N–H and O–H groups in total. The van der Waals surface area contributed by atoms with Crippen LogP contribution in [0.15, 0.2) is 29.2 Å². The molecular formula is C14H23NO5SSi. The smallest absolute Gasteiger partial charge is 0.270 e. The number of hydrogen-bond donors (Lipinski definition) is 1. The summed E-state index contributed by atoms with van der Waals surface area (Å²) in [5, 5.41) is 10.4. The molecule has 0 radical (unpaired) electrons. The summed E-state index contributed by atoms with van der Waals surface area (Å²) in [4.78, 5) is 20.3. The van der Waals surface area contributed by atoms with Crippen molar-refractivity contribution in [2.75, 3.05) is 5.75 Å². The zero-order valence-electron chi connectivity index (χ0n) is 13.4. The largest absolute Gasteiger partial charge is 0.432 e. The molecule has 0 spiro atoms. The molecule has 0 aliphatic heterocycles. The first kappa shape index (κ1) is 18.8. The van der Waals surface area contributed by atoms with Gasteiger partial charge in [0.25, 0.3) is 5.69 Å². The minimum absolute atomic E-state index is 0.0278. The lowest BCUT2D eigenvalue weighted by molar-refractivity contribution is -0.385. The van der Waals surface area contributed by atoms with E-state index in [0.717, 1.165) is 6.07 Å². The van der Waals surface area contributed by atoms with Crippen molar-refractivity contribution in [3.63, 3.8) is 0 Å². The Morgan fingerprint density at radius 2 is 1.91 bits per heavy atom. The molecule has 6 nitrogen and oxygen atoms in total. The predicted octanol–water partition coefficient (Wildman–Crippen LogP) is 3.13. The van der Waals surface area contributed by atoms with Crippen molar-refractivity contribution in [1.82, 2.24) is 0 Å². The van der Waals surface area contributed by atoms with Crippen LogP contribution in [0.4, 0.5) is 5.69 Å². The third-order valence-electron chi connectivity index (χ3n) is 4.26. The summed E-state index contributed by atoms with van der Waals surface area (Å²) in [7, 11) is -5.92. The third kappa shape index (κ3) is 4.62. The van der Waals surface area contributed by atoms with Gasteiger partial charge in [-0.15, -0.1) is 0 Å². The number of nitrogens with zero attached hydrogens (tertiary/aromatic N) is 1. The van der Waals surface area contributed by atoms with Crippen LogP contribution in [0, 0.1) is 10.1 Å². The van der Waals surface area contributed by atoms with Crippen LogP contribution in [0.1, 0.15) is 26.7 Å². The number of non-ortho nitro benzene ring substituents is 1. The van der Waals surface area contributed by atoms with Gasteiger partial charge in [-0.05, 0) is 37.0 Å². The van der Waals surface area contributed by atoms with E-state index in [4.69, 9.17) is 0 Å². The minimum atomic E-state index is -3.55. The Bertz CT molecular complexity index is 649. The molecule has 0 aromatic heterocycles. The van der Waals surface area contributed by atoms with E-state index in [1.54, 1.807) is 0 Å². The van der Waals surface area contributed by atoms with Gasteiger partial charge in [-0.2, -0.15) is 0 Å². The van der Waals surface area contributed by atoms with Crippen LogP contribution < -0.4 is 0 Å². The molecule has 22 heavy (non-hydrogen) atoms. The van der Waals surface area contributed by atoms with Crippen LogP contribution >= 0.6 is 0 Å². The van der Waals surface area contributed by atoms with Crippen LogP contribution in [0.3, 0.4) is 0 Å². The number of benzene rings is 1. The fourth-order valence-electron chi connectivity index (χ4n) is 1.92. The second kappa shape index (κ2) is 6.47. The minimum Gasteiger partial charge on any atom is -0.432 e. The number of nitro benzene ring substituents is 1. The number of nitro groups is 1. The highest BCUT2D eigenvalue weighted by Gasteiger charge is 2.37. The highest BCUT2D eigenvalue weighted by Crippen LogP contribution is 2.40. The van der Waals surface area contributed by atoms with Gasteiger partial charge in [0.15, 0.2) is 18.2 Å². The van der Waals surface area contributed by atoms with Gasteiger partial charge >= 0.3 is 0 Å². The van der Waals surface area contributed by atoms with Crippen LogP contribution in [0.25, 0.3) is 0 Å². The highest BCUT2D eigenvalue weighted by molar-refractivity contribution is 7.91. The van der Waals surface area contributed by atoms with Crippen LogP contribution in [0.5, 0.6) is 0 Å². The number of rotatable bonds is 7. The van der Waals surface area contributed by atoms with Gasteiger partial charge in [0, 0.05) is 12.1 Å². The Morgan fingerprint density at radius 1 is 1.32 bits per heavy atom. The summed E-state index contributed by atoms with van der Waals surface area (Å²) in [5.74, 6) is -0.0813. The number of sulfone groups is 1. The second-order valence-corrected chi connectivity index (χ2v) is 13.2. The van der Waals surface area contributed by atoms with Gasteiger partial charge in [0.05, 0.1) is 15.6 Å². The molecule has 1 aromatic rings. The molecule has 0 saturated carbocycles. The standard InChI is InChI=1S/C14H23NO5SSi/c1-14(2,22(3,4)20)9-6-10-21(18,19)13-8-5-7-12(11-13)15(16)17/h5,7-8,11,20H,6,9-10H2,1-4H3. The third-order valence-corrected chi connectivity index (χ3v) is 9.62. The fourth-order valence-corrected chi connectivity index (χ4v) is 4.05. The zero-order valence-corrected chi connectivity index (χ0v) is 15.2. The summed E-state index contributed by atoms with van der Waals surface area (Å²) in [5.41, 5.74) is -0.231. The molecule has 0 saturated heterocycles. The summed E-state index contributed by atoms with van der Waals surface area (Å²) in [6.45, 7) is 7.56. The van der Waals surface area contributed by atoms with Crippen molar-refractivity contribution in [2.24, 2.45) is 0 Å². The van der Waals surface area contributed by atoms with E-state index >= 15 is 0 Å². The Hall–Kier alpha value is -1.25. The van der Waals surface area contributed by atoms with Gasteiger partial charge in [-0.3, -0.25) is 10.1 Å². The van der Waals surface area contributed by atoms with Crippen molar-refractivity contribution >= 4 is 23.8 Å². The molecule has 0 aliphatic rings. The van der Waals surface area contributed by atoms with Gasteiger partial charge in [0.1, 0.15) is 0 Å². The summed E-state index contributed by atoms with van der Waals surface area (Å²) >= 11 is 0. The van der Waals surface area contributed by atoms with Gasteiger partial charge in [-0.1, -0.05) is 19.9 Å². The zero-order chi connectivity index (χ0) is 17.2. The maximum atomic E-state index is 12.3. The first-order valence-corrected chi connectivity index (χ1v) is 11.7. The summed E-state index contributed by atoms with van der Waals surface area (Å²) in [6, 6.07) is 5.10. The van der Waals surface area contributed by atoms with E-state index in [-0.39, 0.29) is 21.4 Å². The Labute approximate surface area is 132 Å². The Balaban J connectivity index is 2.81. The average molecular weight is 345 g/mol. The van der Waals surface area contributed by atoms with Crippen LogP contribution in [0.2, 0.25) is 18.1 Å². The topological polar surface area (TPSA) is 97.5 Å². The Kier molecular flexibility index (Phi) is 5.53. The molecule has 0 amide bonds. The van der Waals surface area contributed by atoms with Gasteiger partial charge in [-0.25, -0.2) is 8.42 Å². The maximum Gasteiger partial charge on any atom is 0.270 e. The predicted molar refractivity (Wildman–Crippen MR) is 88.1 cm³/mol. The SMILES string of the molecule is CC(C)(CCCS(=O)(=O)c1cccc([N+](=O)[O-])c1)[Si](C)(C)O. The normalized spacial score (nSPS) is 13.1. The van der Waals surface area contributed by atoms with E-state index in [0.29, 0.717) is 12.8 Å². The molecule has 1 rings (SSSR count). The van der Waals surface area contributed by atoms with Gasteiger partial charge in [0.2, 0.25) is 0 Å². The van der Waals surface area contributed by atoms with Crippen molar-refractivity contribution in [3.05, 3.63) is 34.4 Å². The molecule has 124 valence electrons. The summed E-state index contributed by atoms with van der Waals surface area (Å²) < 4.78 is 24.5. The molecule has 1 aromatic carbocycles. The molecule has 0 aliphatic carbocycles. The summed E-state index contributed by atoms with van der Waals surface area (Å²) in [6.07, 6.45) is 1.01. The lowest BCUT2D eigenvalue weighted by Crippen LogP contribution is -2.39. The first-order chi connectivity index (χ1) is 9.87. The Morgan fingerprint density at radius 3 is 2.41 bits per heavy atom. The van der Waals surface area contributed by atoms with Crippen LogP contribution in [-0.2, 0) is 9.84 Å². The second-order valence-electron chi connectivity index (χ2n) is 6.62. The van der Waals surface area contributed by atoms with Crippen LogP contribution in [-0.4, -0.2) is 32.2 Å². The first-order valence-electron chi connectivity index (χ1n) is 7.06. The lowest BCUT2D eigenvalue weighted by Gasteiger charge is -2.35. The van der Waals surface area contributed by atoms with Crippen molar-refractivity contribution in [2.45, 2.75) is 49.7 Å². The van der Waals surface area contributed by atoms with Crippen molar-refractivity contribution < 1.29 is 18.1 Å². The van der Waals surface area contributed by atoms with E-state index in [1.165, 1.54) is 18.2 Å². The van der Waals surface area contributed by atoms with Gasteiger partial charge < -0.3 is 4.80 Å². The lowest BCUT2D eigenvalue weighted by atomic mass is 10.1. The molecule has 0 unspecified atom stereocenters. The molecule has 0 fully saturated rings. The van der Waals surface area contributed by atoms with E-state index < -0.39 is 23.1 Å². The molecule has 0 bridgehead atoms. The molecule has 0 heterocycles. The average Bonchev–Trinajstić information content (AvgIpc) is 2.37. The van der Waals surface area contributed by atoms with E-state index in [1.807, 2.05) is 26.9 Å². The molecule has 0 atom stereocenters. The quantitative estimate of drug-likeness (QED) is 0.465. The highest BCUT2D eigenvalue weighted by atomic mass is 32.2. The maximum absolute atomic E-state index is 12.3.